The number of anilines is 1. The zero-order chi connectivity index (χ0) is 32.4. The molecule has 3 aromatic rings. The van der Waals surface area contributed by atoms with Crippen LogP contribution in [0.1, 0.15) is 37.8 Å². The number of benzene rings is 3. The Bertz CT molecular complexity index is 1540. The largest absolute Gasteiger partial charge is 0.495 e. The number of methoxy groups -OCH3 is 1. The average Bonchev–Trinajstić information content (AvgIpc) is 2.97. The van der Waals surface area contributed by atoms with Gasteiger partial charge in [-0.15, -0.1) is 0 Å². The van der Waals surface area contributed by atoms with Gasteiger partial charge in [-0.1, -0.05) is 85.0 Å². The Morgan fingerprint density at radius 2 is 1.61 bits per heavy atom. The van der Waals surface area contributed by atoms with Gasteiger partial charge in [-0.2, -0.15) is 0 Å². The lowest BCUT2D eigenvalue weighted by atomic mass is 10.0. The molecule has 0 fully saturated rings. The van der Waals surface area contributed by atoms with Crippen molar-refractivity contribution in [1.29, 1.82) is 0 Å². The van der Waals surface area contributed by atoms with Gasteiger partial charge in [0, 0.05) is 32.5 Å². The van der Waals surface area contributed by atoms with Gasteiger partial charge in [0.15, 0.2) is 0 Å². The lowest BCUT2D eigenvalue weighted by Crippen LogP contribution is -2.51. The fourth-order valence-electron chi connectivity index (χ4n) is 4.63. The molecule has 0 spiro atoms. The smallest absolute Gasteiger partial charge is 0.243 e. The first-order chi connectivity index (χ1) is 20.8. The van der Waals surface area contributed by atoms with E-state index in [9.17, 15) is 18.0 Å². The zero-order valence-corrected chi connectivity index (χ0v) is 28.3. The molecule has 0 heterocycles. The molecule has 0 radical (unpaired) electrons. The highest BCUT2D eigenvalue weighted by atomic mass is 35.5. The zero-order valence-electron chi connectivity index (χ0n) is 25.2. The van der Waals surface area contributed by atoms with Crippen LogP contribution >= 0.6 is 34.8 Å². The number of halogens is 3. The lowest BCUT2D eigenvalue weighted by molar-refractivity contribution is -0.141. The van der Waals surface area contributed by atoms with Crippen molar-refractivity contribution < 1.29 is 22.7 Å². The molecule has 44 heavy (non-hydrogen) atoms. The molecule has 2 amide bonds. The molecule has 1 N–H and O–H groups in total. The van der Waals surface area contributed by atoms with E-state index in [1.807, 2.05) is 44.2 Å². The van der Waals surface area contributed by atoms with Gasteiger partial charge < -0.3 is 15.0 Å². The van der Waals surface area contributed by atoms with Crippen molar-refractivity contribution in [1.82, 2.24) is 10.2 Å². The van der Waals surface area contributed by atoms with Gasteiger partial charge >= 0.3 is 0 Å². The van der Waals surface area contributed by atoms with Crippen LogP contribution in [0.15, 0.2) is 66.7 Å². The molecule has 8 nitrogen and oxygen atoms in total. The average molecular weight is 683 g/mol. The van der Waals surface area contributed by atoms with Crippen LogP contribution in [0.3, 0.4) is 0 Å². The highest BCUT2D eigenvalue weighted by molar-refractivity contribution is 7.92. The molecule has 0 aliphatic carbocycles. The van der Waals surface area contributed by atoms with Crippen LogP contribution in [0, 0.1) is 5.92 Å². The van der Waals surface area contributed by atoms with Crippen molar-refractivity contribution in [3.8, 4) is 5.75 Å². The van der Waals surface area contributed by atoms with E-state index in [4.69, 9.17) is 39.5 Å². The summed E-state index contributed by atoms with van der Waals surface area (Å²) in [6, 6.07) is 18.4. The highest BCUT2D eigenvalue weighted by Crippen LogP contribution is 2.30. The number of hydrogen-bond donors (Lipinski definition) is 1. The minimum absolute atomic E-state index is 0.0139. The Balaban J connectivity index is 1.91. The van der Waals surface area contributed by atoms with E-state index in [0.29, 0.717) is 33.6 Å². The maximum Gasteiger partial charge on any atom is 0.243 e. The molecule has 1 unspecified atom stereocenters. The lowest BCUT2D eigenvalue weighted by Gasteiger charge is -2.32. The summed E-state index contributed by atoms with van der Waals surface area (Å²) in [5, 5.41) is 3.96. The van der Waals surface area contributed by atoms with Crippen LogP contribution in [0.25, 0.3) is 0 Å². The molecule has 3 rings (SSSR count). The second kappa shape index (κ2) is 16.4. The molecule has 238 valence electrons. The maximum atomic E-state index is 14.0. The molecular weight excluding hydrogens is 645 g/mol. The molecule has 1 atom stereocenters. The fraction of sp³-hybridized carbons (Fsp3) is 0.375. The second-order valence-electron chi connectivity index (χ2n) is 10.9. The number of nitrogens with one attached hydrogen (secondary N) is 1. The first-order valence-electron chi connectivity index (χ1n) is 14.2. The maximum absolute atomic E-state index is 14.0. The Morgan fingerprint density at radius 1 is 0.909 bits per heavy atom. The molecule has 0 saturated heterocycles. The highest BCUT2D eigenvalue weighted by Gasteiger charge is 2.31. The van der Waals surface area contributed by atoms with E-state index in [1.165, 1.54) is 22.4 Å². The number of amides is 2. The van der Waals surface area contributed by atoms with Gasteiger partial charge in [0.05, 0.1) is 34.1 Å². The number of sulfonamides is 1. The van der Waals surface area contributed by atoms with Crippen LogP contribution in [-0.4, -0.2) is 57.6 Å². The van der Waals surface area contributed by atoms with Crippen LogP contribution in [0.5, 0.6) is 5.75 Å². The SMILES string of the molecule is COc1ccc(N(CCCC(=O)N(Cc2ccc(Cl)c(Cl)c2)C(Cc2ccccc2)C(=O)NCC(C)C)S(C)(=O)=O)cc1Cl. The minimum atomic E-state index is -3.70. The summed E-state index contributed by atoms with van der Waals surface area (Å²) >= 11 is 18.7. The predicted octanol–water partition coefficient (Wildman–Crippen LogP) is 6.61. The number of rotatable bonds is 15. The van der Waals surface area contributed by atoms with E-state index >= 15 is 0 Å². The Morgan fingerprint density at radius 3 is 2.20 bits per heavy atom. The molecular formula is C32H38Cl3N3O5S. The normalized spacial score (nSPS) is 12.1. The van der Waals surface area contributed by atoms with Gasteiger partial charge in [-0.3, -0.25) is 13.9 Å². The van der Waals surface area contributed by atoms with Crippen molar-refractivity contribution in [2.45, 2.75) is 45.7 Å². The van der Waals surface area contributed by atoms with Crippen LogP contribution in [-0.2, 0) is 32.6 Å². The van der Waals surface area contributed by atoms with Gasteiger partial charge in [-0.05, 0) is 53.8 Å². The van der Waals surface area contributed by atoms with Crippen molar-refractivity contribution in [2.24, 2.45) is 5.92 Å². The monoisotopic (exact) mass is 681 g/mol. The third kappa shape index (κ3) is 10.3. The van der Waals surface area contributed by atoms with Crippen LogP contribution in [0.2, 0.25) is 15.1 Å². The van der Waals surface area contributed by atoms with Crippen molar-refractivity contribution >= 4 is 62.3 Å². The summed E-state index contributed by atoms with van der Waals surface area (Å²) in [5.41, 5.74) is 1.95. The van der Waals surface area contributed by atoms with Gasteiger partial charge in [0.1, 0.15) is 11.8 Å². The quantitative estimate of drug-likeness (QED) is 0.195. The summed E-state index contributed by atoms with van der Waals surface area (Å²) in [6.07, 6.45) is 1.56. The standard InChI is InChI=1S/C32H38Cl3N3O5S/c1-22(2)20-36-32(40)29(18-23-9-6-5-7-10-23)37(21-24-12-14-26(33)27(34)17-24)31(39)11-8-16-38(44(4,41)42)25-13-15-30(43-3)28(35)19-25/h5-7,9-10,12-15,17,19,22,29H,8,11,16,18,20-21H2,1-4H3,(H,36,40). The van der Waals surface area contributed by atoms with E-state index in [-0.39, 0.29) is 55.1 Å². The number of carbonyl (C=O) groups excluding carboxylic acids is 2. The summed E-state index contributed by atoms with van der Waals surface area (Å²) < 4.78 is 31.8. The first kappa shape index (κ1) is 35.5. The van der Waals surface area contributed by atoms with Gasteiger partial charge in [0.25, 0.3) is 0 Å². The Kier molecular flexibility index (Phi) is 13.2. The molecule has 3 aromatic carbocycles. The van der Waals surface area contributed by atoms with Gasteiger partial charge in [0.2, 0.25) is 21.8 Å². The minimum Gasteiger partial charge on any atom is -0.495 e. The number of hydrogen-bond acceptors (Lipinski definition) is 5. The topological polar surface area (TPSA) is 96.0 Å². The molecule has 0 aliphatic heterocycles. The Labute approximate surface area is 275 Å². The van der Waals surface area contributed by atoms with Crippen molar-refractivity contribution in [2.75, 3.05) is 30.8 Å². The second-order valence-corrected chi connectivity index (χ2v) is 14.0. The van der Waals surface area contributed by atoms with Crippen LogP contribution < -0.4 is 14.4 Å². The number of carbonyl (C=O) groups is 2. The molecule has 0 bridgehead atoms. The molecule has 12 heteroatoms. The summed E-state index contributed by atoms with van der Waals surface area (Å²) in [4.78, 5) is 29.1. The van der Waals surface area contributed by atoms with E-state index in [0.717, 1.165) is 11.8 Å². The molecule has 0 saturated carbocycles. The summed E-state index contributed by atoms with van der Waals surface area (Å²) in [6.45, 7) is 4.57. The van der Waals surface area contributed by atoms with E-state index in [1.54, 1.807) is 30.3 Å². The fourth-order valence-corrected chi connectivity index (χ4v) is 6.16. The molecule has 0 aromatic heterocycles. The first-order valence-corrected chi connectivity index (χ1v) is 17.1. The third-order valence-electron chi connectivity index (χ3n) is 6.87. The third-order valence-corrected chi connectivity index (χ3v) is 9.10. The van der Waals surface area contributed by atoms with E-state index in [2.05, 4.69) is 5.32 Å². The summed E-state index contributed by atoms with van der Waals surface area (Å²) in [7, 11) is -2.23. The molecule has 0 aliphatic rings. The Hall–Kier alpha value is -2.98. The van der Waals surface area contributed by atoms with E-state index < -0.39 is 16.1 Å². The van der Waals surface area contributed by atoms with Crippen molar-refractivity contribution in [3.05, 3.63) is 92.9 Å². The number of ether oxygens (including phenoxy) is 1. The van der Waals surface area contributed by atoms with Crippen LogP contribution in [0.4, 0.5) is 5.69 Å². The van der Waals surface area contributed by atoms with Gasteiger partial charge in [-0.25, -0.2) is 8.42 Å². The number of nitrogens with zero attached hydrogens (tertiary/aromatic N) is 2. The predicted molar refractivity (Wildman–Crippen MR) is 178 cm³/mol. The summed E-state index contributed by atoms with van der Waals surface area (Å²) in [5.74, 6) is 0.0423. The van der Waals surface area contributed by atoms with Crippen molar-refractivity contribution in [3.63, 3.8) is 0 Å².